The van der Waals surface area contributed by atoms with Crippen LogP contribution in [-0.2, 0) is 0 Å². The Kier molecular flexibility index (Phi) is 9.20. The van der Waals surface area contributed by atoms with Crippen molar-refractivity contribution in [2.24, 2.45) is 10.9 Å². The Hall–Kier alpha value is -0.810. The molecule has 0 radical (unpaired) electrons. The second-order valence-electron chi connectivity index (χ2n) is 8.35. The highest BCUT2D eigenvalue weighted by molar-refractivity contribution is 5.80. The Labute approximate surface area is 161 Å². The lowest BCUT2D eigenvalue weighted by Gasteiger charge is -2.36. The molecule has 1 aliphatic carbocycles. The maximum absolute atomic E-state index is 10.5. The van der Waals surface area contributed by atoms with Gasteiger partial charge in [0.1, 0.15) is 0 Å². The van der Waals surface area contributed by atoms with Gasteiger partial charge in [-0.3, -0.25) is 4.99 Å². The number of hydrogen-bond acceptors (Lipinski definition) is 3. The fourth-order valence-electron chi connectivity index (χ4n) is 4.21. The van der Waals surface area contributed by atoms with Gasteiger partial charge in [-0.05, 0) is 51.4 Å². The Morgan fingerprint density at radius 3 is 2.27 bits per heavy atom. The van der Waals surface area contributed by atoms with E-state index >= 15 is 0 Å². The van der Waals surface area contributed by atoms with E-state index in [9.17, 15) is 5.11 Å². The average Bonchev–Trinajstić information content (AvgIpc) is 2.68. The lowest BCUT2D eigenvalue weighted by Crippen LogP contribution is -2.49. The van der Waals surface area contributed by atoms with E-state index in [0.29, 0.717) is 12.6 Å². The van der Waals surface area contributed by atoms with Gasteiger partial charge in [0.2, 0.25) is 0 Å². The number of likely N-dealkylation sites (tertiary alicyclic amines) is 1. The minimum Gasteiger partial charge on any atom is -0.388 e. The summed E-state index contributed by atoms with van der Waals surface area (Å²) in [6, 6.07) is 0.492. The fraction of sp³-hybridized carbons (Fsp3) is 0.952. The molecule has 5 heteroatoms. The SMILES string of the molecule is CCNC(=NCC(O)(CC)CC)NC1CCN(CC2CCCCC2)CC1. The van der Waals surface area contributed by atoms with Gasteiger partial charge in [-0.2, -0.15) is 0 Å². The number of aliphatic imine (C=N–C) groups is 1. The first-order valence-electron chi connectivity index (χ1n) is 11.1. The zero-order valence-electron chi connectivity index (χ0n) is 17.4. The van der Waals surface area contributed by atoms with Crippen LogP contribution in [0.1, 0.15) is 78.6 Å². The molecule has 1 heterocycles. The summed E-state index contributed by atoms with van der Waals surface area (Å²) in [5.74, 6) is 1.80. The van der Waals surface area contributed by atoms with Crippen LogP contribution in [0, 0.1) is 5.92 Å². The number of piperidine rings is 1. The maximum atomic E-state index is 10.5. The smallest absolute Gasteiger partial charge is 0.191 e. The molecule has 0 unspecified atom stereocenters. The molecule has 0 amide bonds. The Bertz CT molecular complexity index is 408. The first-order chi connectivity index (χ1) is 12.6. The third kappa shape index (κ3) is 7.07. The Morgan fingerprint density at radius 2 is 1.69 bits per heavy atom. The highest BCUT2D eigenvalue weighted by atomic mass is 16.3. The molecule has 152 valence electrons. The fourth-order valence-corrected chi connectivity index (χ4v) is 4.21. The monoisotopic (exact) mass is 366 g/mol. The zero-order chi connectivity index (χ0) is 18.8. The minimum absolute atomic E-state index is 0.468. The Balaban J connectivity index is 1.77. The van der Waals surface area contributed by atoms with Gasteiger partial charge < -0.3 is 20.6 Å². The summed E-state index contributed by atoms with van der Waals surface area (Å²) in [4.78, 5) is 7.34. The molecule has 26 heavy (non-hydrogen) atoms. The summed E-state index contributed by atoms with van der Waals surface area (Å²) in [6.07, 6.45) is 11.0. The zero-order valence-corrected chi connectivity index (χ0v) is 17.4. The molecular formula is C21H42N4O. The summed E-state index contributed by atoms with van der Waals surface area (Å²) in [5.41, 5.74) is -0.675. The van der Waals surface area contributed by atoms with Crippen molar-refractivity contribution >= 4 is 5.96 Å². The van der Waals surface area contributed by atoms with Crippen LogP contribution in [0.4, 0.5) is 0 Å². The lowest BCUT2D eigenvalue weighted by atomic mass is 9.88. The van der Waals surface area contributed by atoms with Crippen LogP contribution in [0.25, 0.3) is 0 Å². The quantitative estimate of drug-likeness (QED) is 0.456. The van der Waals surface area contributed by atoms with Crippen LogP contribution in [0.3, 0.4) is 0 Å². The molecule has 0 atom stereocenters. The first kappa shape index (κ1) is 21.5. The van der Waals surface area contributed by atoms with Gasteiger partial charge in [-0.1, -0.05) is 33.1 Å². The standard InChI is InChI=1S/C21H42N4O/c1-4-21(26,5-2)17-23-20(22-6-3)24-19-12-14-25(15-13-19)16-18-10-8-7-9-11-18/h18-19,26H,4-17H2,1-3H3,(H2,22,23,24). The van der Waals surface area contributed by atoms with Crippen LogP contribution >= 0.6 is 0 Å². The molecule has 0 aromatic rings. The number of hydrogen-bond donors (Lipinski definition) is 3. The van der Waals surface area contributed by atoms with Crippen LogP contribution in [0.2, 0.25) is 0 Å². The van der Waals surface area contributed by atoms with E-state index in [1.807, 2.05) is 13.8 Å². The molecule has 0 bridgehead atoms. The van der Waals surface area contributed by atoms with Crippen LogP contribution < -0.4 is 10.6 Å². The van der Waals surface area contributed by atoms with E-state index in [4.69, 9.17) is 0 Å². The molecule has 1 aliphatic heterocycles. The van der Waals surface area contributed by atoms with Gasteiger partial charge in [0.25, 0.3) is 0 Å². The molecular weight excluding hydrogens is 324 g/mol. The number of nitrogens with one attached hydrogen (secondary N) is 2. The molecule has 5 nitrogen and oxygen atoms in total. The van der Waals surface area contributed by atoms with Crippen LogP contribution in [0.15, 0.2) is 4.99 Å². The number of guanidine groups is 1. The van der Waals surface area contributed by atoms with Gasteiger partial charge in [0.15, 0.2) is 5.96 Å². The van der Waals surface area contributed by atoms with Gasteiger partial charge in [-0.25, -0.2) is 0 Å². The molecule has 0 aromatic carbocycles. The van der Waals surface area contributed by atoms with Crippen molar-refractivity contribution in [1.82, 2.24) is 15.5 Å². The second-order valence-corrected chi connectivity index (χ2v) is 8.35. The predicted octanol–water partition coefficient (Wildman–Crippen LogP) is 3.14. The highest BCUT2D eigenvalue weighted by Gasteiger charge is 2.24. The maximum Gasteiger partial charge on any atom is 0.191 e. The molecule has 1 saturated carbocycles. The highest BCUT2D eigenvalue weighted by Crippen LogP contribution is 2.25. The first-order valence-corrected chi connectivity index (χ1v) is 11.1. The molecule has 2 aliphatic rings. The van der Waals surface area contributed by atoms with Crippen molar-refractivity contribution in [1.29, 1.82) is 0 Å². The van der Waals surface area contributed by atoms with Crippen molar-refractivity contribution in [2.75, 3.05) is 32.7 Å². The van der Waals surface area contributed by atoms with Crippen molar-refractivity contribution in [2.45, 2.75) is 90.2 Å². The third-order valence-electron chi connectivity index (χ3n) is 6.36. The summed E-state index contributed by atoms with van der Waals surface area (Å²) in [7, 11) is 0. The summed E-state index contributed by atoms with van der Waals surface area (Å²) < 4.78 is 0. The van der Waals surface area contributed by atoms with E-state index in [1.165, 1.54) is 64.6 Å². The molecule has 1 saturated heterocycles. The normalized spacial score (nSPS) is 21.8. The van der Waals surface area contributed by atoms with Crippen molar-refractivity contribution in [3.63, 3.8) is 0 Å². The lowest BCUT2D eigenvalue weighted by molar-refractivity contribution is 0.0417. The van der Waals surface area contributed by atoms with Crippen LogP contribution in [0.5, 0.6) is 0 Å². The largest absolute Gasteiger partial charge is 0.388 e. The van der Waals surface area contributed by atoms with Crippen molar-refractivity contribution in [3.8, 4) is 0 Å². The van der Waals surface area contributed by atoms with Crippen LogP contribution in [-0.4, -0.2) is 60.3 Å². The average molecular weight is 367 g/mol. The van der Waals surface area contributed by atoms with Crippen molar-refractivity contribution < 1.29 is 5.11 Å². The van der Waals surface area contributed by atoms with E-state index in [2.05, 4.69) is 27.4 Å². The van der Waals surface area contributed by atoms with E-state index < -0.39 is 5.60 Å². The third-order valence-corrected chi connectivity index (χ3v) is 6.36. The minimum atomic E-state index is -0.675. The molecule has 2 fully saturated rings. The summed E-state index contributed by atoms with van der Waals surface area (Å²) in [5, 5.41) is 17.4. The van der Waals surface area contributed by atoms with Crippen molar-refractivity contribution in [3.05, 3.63) is 0 Å². The Morgan fingerprint density at radius 1 is 1.04 bits per heavy atom. The van der Waals surface area contributed by atoms with Gasteiger partial charge in [0, 0.05) is 32.2 Å². The van der Waals surface area contributed by atoms with Gasteiger partial charge >= 0.3 is 0 Å². The van der Waals surface area contributed by atoms with E-state index in [0.717, 1.165) is 31.3 Å². The summed E-state index contributed by atoms with van der Waals surface area (Å²) in [6.45, 7) is 11.2. The van der Waals surface area contributed by atoms with E-state index in [-0.39, 0.29) is 0 Å². The molecule has 3 N–H and O–H groups in total. The number of nitrogens with zero attached hydrogens (tertiary/aromatic N) is 2. The second kappa shape index (κ2) is 11.1. The van der Waals surface area contributed by atoms with Gasteiger partial charge in [0.05, 0.1) is 12.1 Å². The summed E-state index contributed by atoms with van der Waals surface area (Å²) >= 11 is 0. The predicted molar refractivity (Wildman–Crippen MR) is 111 cm³/mol. The molecule has 0 aromatic heterocycles. The number of rotatable bonds is 8. The molecule has 2 rings (SSSR count). The number of aliphatic hydroxyl groups is 1. The molecule has 0 spiro atoms. The topological polar surface area (TPSA) is 59.9 Å². The van der Waals surface area contributed by atoms with E-state index in [1.54, 1.807) is 0 Å². The van der Waals surface area contributed by atoms with Gasteiger partial charge in [-0.15, -0.1) is 0 Å².